The smallest absolute Gasteiger partial charge is 0.287 e. The standard InChI is InChI=1S/C6H6N2O3.C3H8/c1-11-6-3-2-5(4-7-6)8(9)10;1-3-2/h2-4H,1H3;3H2,1-2H3. The number of nitrogens with zero attached hydrogens (tertiary/aromatic N) is 2. The first kappa shape index (κ1) is 12.3. The monoisotopic (exact) mass is 198 g/mol. The van der Waals surface area contributed by atoms with Gasteiger partial charge in [0.15, 0.2) is 0 Å². The second-order valence-electron chi connectivity index (χ2n) is 2.52. The highest BCUT2D eigenvalue weighted by Gasteiger charge is 2.03. The number of hydrogen-bond acceptors (Lipinski definition) is 4. The molecule has 1 aromatic rings. The van der Waals surface area contributed by atoms with Gasteiger partial charge < -0.3 is 4.74 Å². The van der Waals surface area contributed by atoms with Crippen molar-refractivity contribution in [1.29, 1.82) is 0 Å². The largest absolute Gasteiger partial charge is 0.481 e. The lowest BCUT2D eigenvalue weighted by atomic mass is 10.4. The molecule has 0 fully saturated rings. The van der Waals surface area contributed by atoms with Crippen LogP contribution in [0.3, 0.4) is 0 Å². The molecule has 1 aromatic heterocycles. The zero-order valence-electron chi connectivity index (χ0n) is 8.56. The van der Waals surface area contributed by atoms with Crippen LogP contribution >= 0.6 is 0 Å². The van der Waals surface area contributed by atoms with Crippen LogP contribution in [0.4, 0.5) is 5.69 Å². The third kappa shape index (κ3) is 4.39. The summed E-state index contributed by atoms with van der Waals surface area (Å²) in [6.45, 7) is 4.25. The predicted octanol–water partition coefficient (Wildman–Crippen LogP) is 2.41. The van der Waals surface area contributed by atoms with Crippen molar-refractivity contribution < 1.29 is 9.66 Å². The van der Waals surface area contributed by atoms with Gasteiger partial charge in [-0.15, -0.1) is 0 Å². The van der Waals surface area contributed by atoms with Crippen molar-refractivity contribution >= 4 is 5.69 Å². The maximum Gasteiger partial charge on any atom is 0.287 e. The van der Waals surface area contributed by atoms with Crippen LogP contribution in [0.2, 0.25) is 0 Å². The molecule has 5 nitrogen and oxygen atoms in total. The third-order valence-corrected chi connectivity index (χ3v) is 1.14. The minimum absolute atomic E-state index is 0.0363. The first-order valence-corrected chi connectivity index (χ1v) is 4.30. The molecule has 0 saturated heterocycles. The predicted molar refractivity (Wildman–Crippen MR) is 53.4 cm³/mol. The van der Waals surface area contributed by atoms with Gasteiger partial charge in [0.1, 0.15) is 6.20 Å². The molecule has 0 aliphatic carbocycles. The van der Waals surface area contributed by atoms with E-state index < -0.39 is 4.92 Å². The van der Waals surface area contributed by atoms with Crippen LogP contribution in [0.1, 0.15) is 20.3 Å². The summed E-state index contributed by atoms with van der Waals surface area (Å²) in [5, 5.41) is 10.1. The summed E-state index contributed by atoms with van der Waals surface area (Å²) in [6.07, 6.45) is 2.40. The summed E-state index contributed by atoms with van der Waals surface area (Å²) >= 11 is 0. The molecule has 78 valence electrons. The third-order valence-electron chi connectivity index (χ3n) is 1.14. The van der Waals surface area contributed by atoms with Gasteiger partial charge in [0.25, 0.3) is 5.69 Å². The fraction of sp³-hybridized carbons (Fsp3) is 0.444. The van der Waals surface area contributed by atoms with E-state index >= 15 is 0 Å². The van der Waals surface area contributed by atoms with Gasteiger partial charge in [-0.2, -0.15) is 0 Å². The number of rotatable bonds is 2. The first-order chi connectivity index (χ1) is 6.65. The normalized spacial score (nSPS) is 8.50. The van der Waals surface area contributed by atoms with Gasteiger partial charge in [0, 0.05) is 12.1 Å². The summed E-state index contributed by atoms with van der Waals surface area (Å²) in [4.78, 5) is 13.3. The van der Waals surface area contributed by atoms with Crippen LogP contribution < -0.4 is 4.74 Å². The summed E-state index contributed by atoms with van der Waals surface area (Å²) in [5.74, 6) is 0.371. The zero-order valence-corrected chi connectivity index (χ0v) is 8.56. The van der Waals surface area contributed by atoms with E-state index in [4.69, 9.17) is 4.74 Å². The maximum atomic E-state index is 10.1. The summed E-state index contributed by atoms with van der Waals surface area (Å²) in [7, 11) is 1.45. The maximum absolute atomic E-state index is 10.1. The lowest BCUT2D eigenvalue weighted by molar-refractivity contribution is -0.385. The quantitative estimate of drug-likeness (QED) is 0.540. The van der Waals surface area contributed by atoms with Gasteiger partial charge in [-0.3, -0.25) is 10.1 Å². The Morgan fingerprint density at radius 3 is 2.36 bits per heavy atom. The minimum atomic E-state index is -0.508. The molecule has 0 radical (unpaired) electrons. The summed E-state index contributed by atoms with van der Waals surface area (Å²) in [5.41, 5.74) is -0.0363. The van der Waals surface area contributed by atoms with Crippen molar-refractivity contribution in [3.63, 3.8) is 0 Å². The van der Waals surface area contributed by atoms with Crippen LogP contribution in [0.15, 0.2) is 18.3 Å². The number of ether oxygens (including phenoxy) is 1. The molecule has 0 aromatic carbocycles. The van der Waals surface area contributed by atoms with Crippen LogP contribution in [-0.2, 0) is 0 Å². The Kier molecular flexibility index (Phi) is 6.02. The molecule has 0 atom stereocenters. The van der Waals surface area contributed by atoms with Gasteiger partial charge in [-0.1, -0.05) is 20.3 Å². The van der Waals surface area contributed by atoms with E-state index in [0.29, 0.717) is 5.88 Å². The van der Waals surface area contributed by atoms with E-state index in [1.165, 1.54) is 25.7 Å². The molecule has 5 heteroatoms. The summed E-state index contributed by atoms with van der Waals surface area (Å²) in [6, 6.07) is 2.78. The number of aromatic nitrogens is 1. The van der Waals surface area contributed by atoms with E-state index in [1.54, 1.807) is 0 Å². The highest BCUT2D eigenvalue weighted by atomic mass is 16.6. The van der Waals surface area contributed by atoms with E-state index in [1.807, 2.05) is 0 Å². The molecule has 0 N–H and O–H groups in total. The van der Waals surface area contributed by atoms with Crippen molar-refractivity contribution in [1.82, 2.24) is 4.98 Å². The Bertz CT molecular complexity index is 272. The van der Waals surface area contributed by atoms with Crippen molar-refractivity contribution in [2.75, 3.05) is 7.11 Å². The second kappa shape index (κ2) is 6.82. The topological polar surface area (TPSA) is 65.3 Å². The second-order valence-corrected chi connectivity index (χ2v) is 2.52. The Balaban J connectivity index is 0.000000500. The molecule has 14 heavy (non-hydrogen) atoms. The van der Waals surface area contributed by atoms with Crippen molar-refractivity contribution in [2.24, 2.45) is 0 Å². The molecule has 0 aliphatic heterocycles. The molecule has 0 aliphatic rings. The van der Waals surface area contributed by atoms with Crippen LogP contribution in [-0.4, -0.2) is 17.0 Å². The molecule has 0 amide bonds. The van der Waals surface area contributed by atoms with E-state index in [9.17, 15) is 10.1 Å². The SMILES string of the molecule is CCC.COc1ccc([N+](=O)[O-])cn1. The highest BCUT2D eigenvalue weighted by molar-refractivity contribution is 5.28. The molecule has 1 heterocycles. The lowest BCUT2D eigenvalue weighted by Gasteiger charge is -1.94. The molecule has 0 spiro atoms. The lowest BCUT2D eigenvalue weighted by Crippen LogP contribution is -1.90. The van der Waals surface area contributed by atoms with Gasteiger partial charge in [0.05, 0.1) is 12.0 Å². The molecular weight excluding hydrogens is 184 g/mol. The Hall–Kier alpha value is -1.65. The van der Waals surface area contributed by atoms with Crippen LogP contribution in [0.5, 0.6) is 5.88 Å². The number of methoxy groups -OCH3 is 1. The Labute approximate surface area is 82.9 Å². The van der Waals surface area contributed by atoms with Crippen molar-refractivity contribution in [3.8, 4) is 5.88 Å². The van der Waals surface area contributed by atoms with Crippen LogP contribution in [0.25, 0.3) is 0 Å². The molecule has 0 unspecified atom stereocenters. The average molecular weight is 198 g/mol. The van der Waals surface area contributed by atoms with E-state index in [-0.39, 0.29) is 5.69 Å². The zero-order chi connectivity index (χ0) is 11.0. The van der Waals surface area contributed by atoms with E-state index in [2.05, 4.69) is 18.8 Å². The molecule has 1 rings (SSSR count). The molecule has 0 saturated carbocycles. The fourth-order valence-electron chi connectivity index (χ4n) is 0.601. The van der Waals surface area contributed by atoms with Crippen LogP contribution in [0, 0.1) is 10.1 Å². The fourth-order valence-corrected chi connectivity index (χ4v) is 0.601. The molecular formula is C9H14N2O3. The van der Waals surface area contributed by atoms with Gasteiger partial charge in [-0.05, 0) is 0 Å². The minimum Gasteiger partial charge on any atom is -0.481 e. The molecule has 0 bridgehead atoms. The van der Waals surface area contributed by atoms with Crippen molar-refractivity contribution in [2.45, 2.75) is 20.3 Å². The Morgan fingerprint density at radius 1 is 1.50 bits per heavy atom. The Morgan fingerprint density at radius 2 is 2.07 bits per heavy atom. The first-order valence-electron chi connectivity index (χ1n) is 4.30. The highest BCUT2D eigenvalue weighted by Crippen LogP contribution is 2.12. The van der Waals surface area contributed by atoms with Crippen molar-refractivity contribution in [3.05, 3.63) is 28.4 Å². The average Bonchev–Trinajstić information content (AvgIpc) is 2.19. The summed E-state index contributed by atoms with van der Waals surface area (Å²) < 4.78 is 4.72. The van der Waals surface area contributed by atoms with E-state index in [0.717, 1.165) is 6.20 Å². The van der Waals surface area contributed by atoms with Gasteiger partial charge >= 0.3 is 0 Å². The number of hydrogen-bond donors (Lipinski definition) is 0. The number of pyridine rings is 1. The van der Waals surface area contributed by atoms with Gasteiger partial charge in [-0.25, -0.2) is 4.98 Å². The van der Waals surface area contributed by atoms with Gasteiger partial charge in [0.2, 0.25) is 5.88 Å². The number of nitro groups is 1.